The van der Waals surface area contributed by atoms with Gasteiger partial charge in [0.2, 0.25) is 0 Å². The molecule has 24 heavy (non-hydrogen) atoms. The first-order valence-electron chi connectivity index (χ1n) is 7.95. The van der Waals surface area contributed by atoms with Crippen molar-refractivity contribution in [3.8, 4) is 11.8 Å². The molecule has 0 bridgehead atoms. The Labute approximate surface area is 146 Å². The minimum absolute atomic E-state index is 0.0754. The molecule has 2 aromatic rings. The Morgan fingerprint density at radius 3 is 2.71 bits per heavy atom. The van der Waals surface area contributed by atoms with Crippen LogP contribution < -0.4 is 10.2 Å². The Kier molecular flexibility index (Phi) is 5.47. The number of piperazine rings is 1. The van der Waals surface area contributed by atoms with Gasteiger partial charge in [-0.25, -0.2) is 4.98 Å². The summed E-state index contributed by atoms with van der Waals surface area (Å²) in [6.07, 6.45) is 1.65. The summed E-state index contributed by atoms with van der Waals surface area (Å²) in [7, 11) is 1.64. The van der Waals surface area contributed by atoms with Crippen molar-refractivity contribution in [3.05, 3.63) is 47.0 Å². The van der Waals surface area contributed by atoms with Gasteiger partial charge in [0.05, 0.1) is 12.7 Å². The van der Waals surface area contributed by atoms with Crippen molar-refractivity contribution in [2.75, 3.05) is 44.7 Å². The zero-order chi connectivity index (χ0) is 16.8. The molecular formula is C18H20N4OS. The maximum absolute atomic E-state index is 11.6. The number of rotatable bonds is 3. The molecule has 1 aliphatic heterocycles. The molecule has 3 rings (SSSR count). The van der Waals surface area contributed by atoms with Gasteiger partial charge >= 0.3 is 0 Å². The molecule has 1 aromatic carbocycles. The minimum atomic E-state index is -0.0754. The van der Waals surface area contributed by atoms with Crippen LogP contribution in [0.25, 0.3) is 0 Å². The van der Waals surface area contributed by atoms with Crippen LogP contribution in [-0.4, -0.2) is 55.6 Å². The average Bonchev–Trinajstić information content (AvgIpc) is 3.13. The van der Waals surface area contributed by atoms with E-state index in [4.69, 9.17) is 0 Å². The number of hydrogen-bond donors (Lipinski definition) is 1. The smallest absolute Gasteiger partial charge is 0.262 e. The Bertz CT molecular complexity index is 739. The molecule has 0 saturated carbocycles. The number of carbonyl (C=O) groups is 1. The van der Waals surface area contributed by atoms with Crippen molar-refractivity contribution >= 4 is 22.4 Å². The SMILES string of the molecule is CNC(=O)c1cnc(N2CCN(CC#Cc3ccccc3)CC2)s1. The molecule has 0 aliphatic carbocycles. The third kappa shape index (κ3) is 4.13. The summed E-state index contributed by atoms with van der Waals surface area (Å²) in [5.74, 6) is 6.37. The van der Waals surface area contributed by atoms with E-state index in [1.165, 1.54) is 11.3 Å². The van der Waals surface area contributed by atoms with Crippen molar-refractivity contribution < 1.29 is 4.79 Å². The van der Waals surface area contributed by atoms with Gasteiger partial charge in [0.1, 0.15) is 4.88 Å². The summed E-state index contributed by atoms with van der Waals surface area (Å²) in [5.41, 5.74) is 1.06. The monoisotopic (exact) mass is 340 g/mol. The number of nitrogens with zero attached hydrogens (tertiary/aromatic N) is 3. The zero-order valence-electron chi connectivity index (χ0n) is 13.7. The van der Waals surface area contributed by atoms with Crippen molar-refractivity contribution in [2.24, 2.45) is 0 Å². The Morgan fingerprint density at radius 1 is 1.25 bits per heavy atom. The number of hydrogen-bond acceptors (Lipinski definition) is 5. The number of aromatic nitrogens is 1. The summed E-state index contributed by atoms with van der Waals surface area (Å²) in [4.78, 5) is 21.2. The molecule has 0 radical (unpaired) electrons. The number of amides is 1. The summed E-state index contributed by atoms with van der Waals surface area (Å²) >= 11 is 1.44. The highest BCUT2D eigenvalue weighted by Gasteiger charge is 2.19. The Morgan fingerprint density at radius 2 is 2.00 bits per heavy atom. The molecule has 1 saturated heterocycles. The van der Waals surface area contributed by atoms with Crippen LogP contribution in [-0.2, 0) is 0 Å². The highest BCUT2D eigenvalue weighted by Crippen LogP contribution is 2.23. The van der Waals surface area contributed by atoms with Crippen LogP contribution in [0.4, 0.5) is 5.13 Å². The topological polar surface area (TPSA) is 48.5 Å². The molecule has 5 nitrogen and oxygen atoms in total. The van der Waals surface area contributed by atoms with Gasteiger partial charge in [0, 0.05) is 38.8 Å². The molecule has 1 aromatic heterocycles. The first kappa shape index (κ1) is 16.5. The largest absolute Gasteiger partial charge is 0.354 e. The number of thiazole rings is 1. The van der Waals surface area contributed by atoms with Gasteiger partial charge in [-0.3, -0.25) is 9.69 Å². The van der Waals surface area contributed by atoms with E-state index < -0.39 is 0 Å². The third-order valence-electron chi connectivity index (χ3n) is 3.90. The minimum Gasteiger partial charge on any atom is -0.354 e. The van der Waals surface area contributed by atoms with Gasteiger partial charge < -0.3 is 10.2 Å². The second-order valence-corrected chi connectivity index (χ2v) is 6.53. The van der Waals surface area contributed by atoms with E-state index in [9.17, 15) is 4.79 Å². The molecule has 0 atom stereocenters. The first-order valence-corrected chi connectivity index (χ1v) is 8.77. The molecule has 0 unspecified atom stereocenters. The molecule has 0 spiro atoms. The van der Waals surface area contributed by atoms with E-state index in [1.807, 2.05) is 30.3 Å². The maximum atomic E-state index is 11.6. The lowest BCUT2D eigenvalue weighted by molar-refractivity contribution is 0.0967. The molecule has 124 valence electrons. The van der Waals surface area contributed by atoms with Crippen LogP contribution in [0.3, 0.4) is 0 Å². The van der Waals surface area contributed by atoms with Crippen LogP contribution in [0.5, 0.6) is 0 Å². The summed E-state index contributed by atoms with van der Waals surface area (Å²) in [6, 6.07) is 10.1. The maximum Gasteiger partial charge on any atom is 0.262 e. The van der Waals surface area contributed by atoms with Crippen LogP contribution in [0.1, 0.15) is 15.2 Å². The quantitative estimate of drug-likeness (QED) is 0.864. The van der Waals surface area contributed by atoms with Crippen LogP contribution in [0, 0.1) is 11.8 Å². The van der Waals surface area contributed by atoms with E-state index >= 15 is 0 Å². The normalized spacial score (nSPS) is 14.8. The predicted octanol–water partition coefficient (Wildman–Crippen LogP) is 1.68. The number of nitrogens with one attached hydrogen (secondary N) is 1. The van der Waals surface area contributed by atoms with Crippen LogP contribution in [0.15, 0.2) is 36.5 Å². The van der Waals surface area contributed by atoms with E-state index in [0.29, 0.717) is 4.88 Å². The predicted molar refractivity (Wildman–Crippen MR) is 97.5 cm³/mol. The van der Waals surface area contributed by atoms with Crippen molar-refractivity contribution in [1.82, 2.24) is 15.2 Å². The summed E-state index contributed by atoms with van der Waals surface area (Å²) < 4.78 is 0. The average molecular weight is 340 g/mol. The Balaban J connectivity index is 1.50. The van der Waals surface area contributed by atoms with Crippen molar-refractivity contribution in [2.45, 2.75) is 0 Å². The lowest BCUT2D eigenvalue weighted by Gasteiger charge is -2.33. The van der Waals surface area contributed by atoms with Crippen LogP contribution >= 0.6 is 11.3 Å². The highest BCUT2D eigenvalue weighted by atomic mass is 32.1. The fraction of sp³-hybridized carbons (Fsp3) is 0.333. The second-order valence-electron chi connectivity index (χ2n) is 5.52. The first-order chi connectivity index (χ1) is 11.8. The van der Waals surface area contributed by atoms with Gasteiger partial charge in [-0.1, -0.05) is 41.4 Å². The molecular weight excluding hydrogens is 320 g/mol. The van der Waals surface area contributed by atoms with E-state index in [2.05, 4.69) is 31.9 Å². The lowest BCUT2D eigenvalue weighted by atomic mass is 10.2. The summed E-state index contributed by atoms with van der Waals surface area (Å²) in [6.45, 7) is 4.52. The second kappa shape index (κ2) is 7.95. The number of carbonyl (C=O) groups excluding carboxylic acids is 1. The lowest BCUT2D eigenvalue weighted by Crippen LogP contribution is -2.46. The summed E-state index contributed by atoms with van der Waals surface area (Å²) in [5, 5.41) is 3.55. The van der Waals surface area contributed by atoms with E-state index in [-0.39, 0.29) is 5.91 Å². The van der Waals surface area contributed by atoms with Crippen LogP contribution in [0.2, 0.25) is 0 Å². The molecule has 1 N–H and O–H groups in total. The molecule has 6 heteroatoms. The van der Waals surface area contributed by atoms with Gasteiger partial charge in [0.25, 0.3) is 5.91 Å². The zero-order valence-corrected chi connectivity index (χ0v) is 14.5. The molecule has 2 heterocycles. The van der Waals surface area contributed by atoms with Gasteiger partial charge in [0.15, 0.2) is 5.13 Å². The highest BCUT2D eigenvalue weighted by molar-refractivity contribution is 7.17. The Hall–Kier alpha value is -2.36. The standard InChI is InChI=1S/C18H20N4OS/c1-19-17(23)16-14-20-18(24-16)22-12-10-21(11-13-22)9-5-8-15-6-3-2-4-7-15/h2-4,6-7,14H,9-13H2,1H3,(H,19,23). The third-order valence-corrected chi connectivity index (χ3v) is 4.95. The fourth-order valence-electron chi connectivity index (χ4n) is 2.51. The van der Waals surface area contributed by atoms with E-state index in [0.717, 1.165) is 43.4 Å². The molecule has 1 amide bonds. The van der Waals surface area contributed by atoms with E-state index in [1.54, 1.807) is 13.2 Å². The number of benzene rings is 1. The van der Waals surface area contributed by atoms with Gasteiger partial charge in [-0.2, -0.15) is 0 Å². The van der Waals surface area contributed by atoms with Gasteiger partial charge in [-0.05, 0) is 12.1 Å². The van der Waals surface area contributed by atoms with Gasteiger partial charge in [-0.15, -0.1) is 0 Å². The molecule has 1 fully saturated rings. The molecule has 1 aliphatic rings. The fourth-order valence-corrected chi connectivity index (χ4v) is 3.43. The number of anilines is 1. The van der Waals surface area contributed by atoms with Crippen molar-refractivity contribution in [3.63, 3.8) is 0 Å². The van der Waals surface area contributed by atoms with Crippen molar-refractivity contribution in [1.29, 1.82) is 0 Å².